The number of rotatable bonds is 4. The second-order valence-corrected chi connectivity index (χ2v) is 4.99. The van der Waals surface area contributed by atoms with E-state index in [0.717, 1.165) is 11.3 Å². The standard InChI is InChI=1S/C14H17NOSe/c1-16-13-7-3-2-6-12(13)8-9-14(17)15-10-4-5-11-15/h2-3,6-9H,4-5,10-11H2,1H3/b9-8+. The van der Waals surface area contributed by atoms with E-state index in [1.54, 1.807) is 7.11 Å². The molecule has 1 aromatic carbocycles. The van der Waals surface area contributed by atoms with E-state index in [1.165, 1.54) is 30.5 Å². The number of ether oxygens (including phenoxy) is 1. The van der Waals surface area contributed by atoms with E-state index in [9.17, 15) is 0 Å². The van der Waals surface area contributed by atoms with Gasteiger partial charge in [-0.25, -0.2) is 0 Å². The molecule has 0 saturated carbocycles. The van der Waals surface area contributed by atoms with Crippen LogP contribution in [0, 0.1) is 0 Å². The van der Waals surface area contributed by atoms with E-state index < -0.39 is 0 Å². The van der Waals surface area contributed by atoms with Crippen LogP contribution < -0.4 is 4.74 Å². The summed E-state index contributed by atoms with van der Waals surface area (Å²) >= 11 is 3.14. The molecule has 3 heteroatoms. The Balaban J connectivity index is 2.06. The molecule has 0 unspecified atom stereocenters. The van der Waals surface area contributed by atoms with E-state index in [0.29, 0.717) is 0 Å². The minimum atomic E-state index is 0.915. The van der Waals surface area contributed by atoms with Crippen molar-refractivity contribution in [3.63, 3.8) is 0 Å². The van der Waals surface area contributed by atoms with Crippen molar-refractivity contribution in [1.82, 2.24) is 4.90 Å². The van der Waals surface area contributed by atoms with Gasteiger partial charge in [-0.15, -0.1) is 0 Å². The molecule has 1 aromatic rings. The Morgan fingerprint density at radius 1 is 1.29 bits per heavy atom. The molecule has 0 atom stereocenters. The molecule has 0 spiro atoms. The molecular formula is C14H17NOSe. The average molecular weight is 294 g/mol. The number of benzene rings is 1. The van der Waals surface area contributed by atoms with Gasteiger partial charge < -0.3 is 0 Å². The SMILES string of the molecule is COc1ccccc1/C=C/C(=[Se])N1CCCC1. The molecule has 0 aromatic heterocycles. The zero-order chi connectivity index (χ0) is 12.1. The molecule has 1 heterocycles. The van der Waals surface area contributed by atoms with Gasteiger partial charge in [0.25, 0.3) is 0 Å². The Hall–Kier alpha value is -1.05. The van der Waals surface area contributed by atoms with Crippen LogP contribution in [0.25, 0.3) is 6.08 Å². The van der Waals surface area contributed by atoms with Gasteiger partial charge in [0.05, 0.1) is 0 Å². The maximum absolute atomic E-state index is 5.32. The van der Waals surface area contributed by atoms with E-state index in [4.69, 9.17) is 4.74 Å². The molecule has 0 amide bonds. The predicted molar refractivity (Wildman–Crippen MR) is 73.6 cm³/mol. The predicted octanol–water partition coefficient (Wildman–Crippen LogP) is 2.10. The number of nitrogens with zero attached hydrogens (tertiary/aromatic N) is 1. The third-order valence-electron chi connectivity index (χ3n) is 2.96. The first-order valence-electron chi connectivity index (χ1n) is 5.91. The summed E-state index contributed by atoms with van der Waals surface area (Å²) in [6, 6.07) is 8.05. The summed E-state index contributed by atoms with van der Waals surface area (Å²) in [5.41, 5.74) is 1.11. The van der Waals surface area contributed by atoms with Gasteiger partial charge in [-0.05, 0) is 0 Å². The second-order valence-electron chi connectivity index (χ2n) is 4.11. The first-order valence-corrected chi connectivity index (χ1v) is 6.77. The van der Waals surface area contributed by atoms with Crippen molar-refractivity contribution >= 4 is 26.2 Å². The Labute approximate surface area is 111 Å². The van der Waals surface area contributed by atoms with Crippen LogP contribution in [0.5, 0.6) is 5.75 Å². The number of hydrogen-bond donors (Lipinski definition) is 0. The zero-order valence-corrected chi connectivity index (χ0v) is 11.8. The van der Waals surface area contributed by atoms with Crippen molar-refractivity contribution in [1.29, 1.82) is 0 Å². The summed E-state index contributed by atoms with van der Waals surface area (Å²) < 4.78 is 6.53. The van der Waals surface area contributed by atoms with Crippen LogP contribution in [0.4, 0.5) is 0 Å². The van der Waals surface area contributed by atoms with Crippen LogP contribution in [0.15, 0.2) is 30.3 Å². The van der Waals surface area contributed by atoms with Crippen molar-refractivity contribution < 1.29 is 4.74 Å². The van der Waals surface area contributed by atoms with Crippen molar-refractivity contribution in [3.05, 3.63) is 35.9 Å². The fourth-order valence-corrected chi connectivity index (χ4v) is 2.53. The fraction of sp³-hybridized carbons (Fsp3) is 0.357. The van der Waals surface area contributed by atoms with Crippen molar-refractivity contribution in [2.24, 2.45) is 0 Å². The summed E-state index contributed by atoms with van der Waals surface area (Å²) in [5.74, 6) is 0.915. The van der Waals surface area contributed by atoms with Gasteiger partial charge in [0.1, 0.15) is 0 Å². The van der Waals surface area contributed by atoms with Crippen molar-refractivity contribution in [3.8, 4) is 5.75 Å². The molecule has 0 bridgehead atoms. The quantitative estimate of drug-likeness (QED) is 0.789. The van der Waals surface area contributed by atoms with Gasteiger partial charge in [0.2, 0.25) is 0 Å². The van der Waals surface area contributed by atoms with Crippen molar-refractivity contribution in [2.75, 3.05) is 20.2 Å². The van der Waals surface area contributed by atoms with Crippen LogP contribution in [0.3, 0.4) is 0 Å². The first kappa shape index (κ1) is 12.4. The molecule has 0 aliphatic carbocycles. The fourth-order valence-electron chi connectivity index (χ4n) is 2.01. The maximum atomic E-state index is 5.32. The molecule has 0 N–H and O–H groups in total. The number of methoxy groups -OCH3 is 1. The molecule has 17 heavy (non-hydrogen) atoms. The third kappa shape index (κ3) is 3.21. The topological polar surface area (TPSA) is 12.5 Å². The molecule has 1 aliphatic heterocycles. The Kier molecular flexibility index (Phi) is 4.41. The summed E-state index contributed by atoms with van der Waals surface area (Å²) in [7, 11) is 1.70. The Morgan fingerprint density at radius 2 is 2.00 bits per heavy atom. The van der Waals surface area contributed by atoms with E-state index in [1.807, 2.05) is 18.2 Å². The molecule has 90 valence electrons. The summed E-state index contributed by atoms with van der Waals surface area (Å²) in [6.07, 6.45) is 6.83. The van der Waals surface area contributed by atoms with Gasteiger partial charge in [-0.2, -0.15) is 0 Å². The van der Waals surface area contributed by atoms with Crippen LogP contribution in [0.2, 0.25) is 0 Å². The molecule has 2 nitrogen and oxygen atoms in total. The molecule has 0 radical (unpaired) electrons. The molecule has 1 saturated heterocycles. The molecule has 1 aliphatic rings. The third-order valence-corrected chi connectivity index (χ3v) is 3.79. The molecule has 1 fully saturated rings. The van der Waals surface area contributed by atoms with Gasteiger partial charge in [0, 0.05) is 0 Å². The second kappa shape index (κ2) is 6.04. The zero-order valence-electron chi connectivity index (χ0n) is 10.1. The van der Waals surface area contributed by atoms with Gasteiger partial charge in [-0.1, -0.05) is 0 Å². The van der Waals surface area contributed by atoms with Gasteiger partial charge >= 0.3 is 111 Å². The van der Waals surface area contributed by atoms with E-state index in [2.05, 4.69) is 38.7 Å². The van der Waals surface area contributed by atoms with Gasteiger partial charge in [0.15, 0.2) is 0 Å². The Bertz CT molecular complexity index is 422. The number of likely N-dealkylation sites (tertiary alicyclic amines) is 1. The normalized spacial score (nSPS) is 15.5. The van der Waals surface area contributed by atoms with Gasteiger partial charge in [-0.3, -0.25) is 0 Å². The molecule has 2 rings (SSSR count). The summed E-state index contributed by atoms with van der Waals surface area (Å²) in [4.78, 5) is 2.38. The van der Waals surface area contributed by atoms with Crippen molar-refractivity contribution in [2.45, 2.75) is 12.8 Å². The average Bonchev–Trinajstić information content (AvgIpc) is 2.90. The summed E-state index contributed by atoms with van der Waals surface area (Å²) in [6.45, 7) is 2.33. The van der Waals surface area contributed by atoms with Crippen LogP contribution in [0.1, 0.15) is 18.4 Å². The number of para-hydroxylation sites is 1. The van der Waals surface area contributed by atoms with Crippen LogP contribution in [-0.2, 0) is 0 Å². The summed E-state index contributed by atoms with van der Waals surface area (Å²) in [5, 5.41) is 0. The monoisotopic (exact) mass is 295 g/mol. The van der Waals surface area contributed by atoms with Crippen LogP contribution in [-0.4, -0.2) is 45.2 Å². The Morgan fingerprint density at radius 3 is 2.71 bits per heavy atom. The van der Waals surface area contributed by atoms with E-state index in [-0.39, 0.29) is 0 Å². The van der Waals surface area contributed by atoms with E-state index >= 15 is 0 Å². The first-order chi connectivity index (χ1) is 8.31. The molecular weight excluding hydrogens is 277 g/mol. The number of hydrogen-bond acceptors (Lipinski definition) is 2. The van der Waals surface area contributed by atoms with Crippen LogP contribution >= 0.6 is 0 Å². The minimum absolute atomic E-state index is 0.915.